The van der Waals surface area contributed by atoms with E-state index in [9.17, 15) is 14.4 Å². The minimum atomic E-state index is -1.15. The van der Waals surface area contributed by atoms with E-state index in [0.717, 1.165) is 25.9 Å². The first-order valence-corrected chi connectivity index (χ1v) is 12.0. The Hall–Kier alpha value is -3.19. The molecule has 35 heavy (non-hydrogen) atoms. The van der Waals surface area contributed by atoms with Crippen LogP contribution in [0.3, 0.4) is 0 Å². The number of hydrogen-bond acceptors (Lipinski definition) is 7. The van der Waals surface area contributed by atoms with Gasteiger partial charge in [-0.15, -0.1) is 0 Å². The monoisotopic (exact) mass is 481 g/mol. The standard InChI is InChI=1S/C28H35NO6/c1-33-24(30)19-23(25(27(31)34-2)28(32)35-3)18-20-14-16-29(17-15-20)26(21-10-6-4-7-11-21)22-12-8-5-9-13-22/h4-13,20,23,25-26H,14-19H2,1-3H3. The third-order valence-electron chi connectivity index (χ3n) is 6.92. The molecule has 0 bridgehead atoms. The summed E-state index contributed by atoms with van der Waals surface area (Å²) in [6.45, 7) is 1.73. The first kappa shape index (κ1) is 26.4. The number of ether oxygens (including phenoxy) is 3. The maximum Gasteiger partial charge on any atom is 0.320 e. The van der Waals surface area contributed by atoms with Gasteiger partial charge in [-0.25, -0.2) is 0 Å². The summed E-state index contributed by atoms with van der Waals surface area (Å²) in [6.07, 6.45) is 2.28. The number of hydrogen-bond donors (Lipinski definition) is 0. The predicted molar refractivity (Wildman–Crippen MR) is 131 cm³/mol. The van der Waals surface area contributed by atoms with Gasteiger partial charge in [-0.1, -0.05) is 60.7 Å². The predicted octanol–water partition coefficient (Wildman–Crippen LogP) is 4.02. The first-order chi connectivity index (χ1) is 17.0. The summed E-state index contributed by atoms with van der Waals surface area (Å²) in [7, 11) is 3.77. The fourth-order valence-electron chi connectivity index (χ4n) is 5.13. The number of likely N-dealkylation sites (tertiary alicyclic amines) is 1. The molecule has 0 radical (unpaired) electrons. The zero-order chi connectivity index (χ0) is 25.2. The van der Waals surface area contributed by atoms with Crippen molar-refractivity contribution in [2.75, 3.05) is 34.4 Å². The van der Waals surface area contributed by atoms with Crippen LogP contribution in [0.5, 0.6) is 0 Å². The number of piperidine rings is 1. The first-order valence-electron chi connectivity index (χ1n) is 12.0. The molecule has 1 unspecified atom stereocenters. The summed E-state index contributed by atoms with van der Waals surface area (Å²) in [5.41, 5.74) is 2.49. The molecular formula is C28H35NO6. The number of nitrogens with zero attached hydrogens (tertiary/aromatic N) is 1. The van der Waals surface area contributed by atoms with E-state index in [1.165, 1.54) is 32.5 Å². The molecule has 1 fully saturated rings. The second kappa shape index (κ2) is 13.0. The fourth-order valence-corrected chi connectivity index (χ4v) is 5.13. The molecule has 0 spiro atoms. The molecule has 2 aromatic carbocycles. The van der Waals surface area contributed by atoms with Gasteiger partial charge in [0.25, 0.3) is 0 Å². The van der Waals surface area contributed by atoms with E-state index in [1.807, 2.05) is 12.1 Å². The van der Waals surface area contributed by atoms with Crippen LogP contribution in [0.2, 0.25) is 0 Å². The molecule has 1 saturated heterocycles. The molecule has 188 valence electrons. The Bertz CT molecular complexity index is 900. The van der Waals surface area contributed by atoms with Gasteiger partial charge >= 0.3 is 17.9 Å². The third kappa shape index (κ3) is 6.92. The van der Waals surface area contributed by atoms with Crippen LogP contribution in [0.1, 0.15) is 42.9 Å². The van der Waals surface area contributed by atoms with Crippen LogP contribution in [0.25, 0.3) is 0 Å². The maximum absolute atomic E-state index is 12.4. The summed E-state index contributed by atoms with van der Waals surface area (Å²) in [5.74, 6) is -3.27. The van der Waals surface area contributed by atoms with Crippen molar-refractivity contribution in [3.63, 3.8) is 0 Å². The van der Waals surface area contributed by atoms with E-state index in [1.54, 1.807) is 0 Å². The Labute approximate surface area is 207 Å². The van der Waals surface area contributed by atoms with Gasteiger partial charge < -0.3 is 14.2 Å². The Morgan fingerprint density at radius 2 is 1.29 bits per heavy atom. The van der Waals surface area contributed by atoms with Crippen molar-refractivity contribution in [1.29, 1.82) is 0 Å². The minimum absolute atomic E-state index is 0.0394. The molecule has 0 N–H and O–H groups in total. The van der Waals surface area contributed by atoms with E-state index in [-0.39, 0.29) is 18.4 Å². The highest BCUT2D eigenvalue weighted by Crippen LogP contribution is 2.36. The van der Waals surface area contributed by atoms with Crippen LogP contribution < -0.4 is 0 Å². The third-order valence-corrected chi connectivity index (χ3v) is 6.92. The number of benzene rings is 2. The molecule has 2 aromatic rings. The maximum atomic E-state index is 12.4. The van der Waals surface area contributed by atoms with E-state index >= 15 is 0 Å². The molecule has 0 aliphatic carbocycles. The second-order valence-corrected chi connectivity index (χ2v) is 9.00. The molecule has 1 atom stereocenters. The highest BCUT2D eigenvalue weighted by atomic mass is 16.5. The van der Waals surface area contributed by atoms with Gasteiger partial charge in [0.05, 0.1) is 27.4 Å². The van der Waals surface area contributed by atoms with Crippen LogP contribution in [0, 0.1) is 17.8 Å². The van der Waals surface area contributed by atoms with Gasteiger partial charge in [0.15, 0.2) is 5.92 Å². The van der Waals surface area contributed by atoms with Crippen LogP contribution in [-0.4, -0.2) is 57.2 Å². The molecule has 0 amide bonds. The summed E-state index contributed by atoms with van der Waals surface area (Å²) in [5, 5.41) is 0. The Morgan fingerprint density at radius 1 is 0.800 bits per heavy atom. The van der Waals surface area contributed by atoms with Crippen molar-refractivity contribution < 1.29 is 28.6 Å². The smallest absolute Gasteiger partial charge is 0.320 e. The van der Waals surface area contributed by atoms with Gasteiger partial charge in [-0.2, -0.15) is 0 Å². The normalized spacial score (nSPS) is 15.6. The second-order valence-electron chi connectivity index (χ2n) is 9.00. The number of rotatable bonds is 10. The van der Waals surface area contributed by atoms with E-state index < -0.39 is 29.7 Å². The summed E-state index contributed by atoms with van der Waals surface area (Å²) in [4.78, 5) is 39.5. The SMILES string of the molecule is COC(=O)CC(CC1CCN(C(c2ccccc2)c2ccccc2)CC1)C(C(=O)OC)C(=O)OC. The molecule has 1 aliphatic heterocycles. The average molecular weight is 482 g/mol. The number of carbonyl (C=O) groups is 3. The highest BCUT2D eigenvalue weighted by Gasteiger charge is 2.40. The molecule has 0 saturated carbocycles. The number of methoxy groups -OCH3 is 3. The van der Waals surface area contributed by atoms with Crippen LogP contribution in [0.4, 0.5) is 0 Å². The lowest BCUT2D eigenvalue weighted by Gasteiger charge is -2.39. The van der Waals surface area contributed by atoms with E-state index in [0.29, 0.717) is 6.42 Å². The van der Waals surface area contributed by atoms with Crippen molar-refractivity contribution in [1.82, 2.24) is 4.90 Å². The highest BCUT2D eigenvalue weighted by molar-refractivity contribution is 5.95. The summed E-state index contributed by atoms with van der Waals surface area (Å²) >= 11 is 0. The van der Waals surface area contributed by atoms with Gasteiger partial charge in [-0.05, 0) is 55.3 Å². The van der Waals surface area contributed by atoms with E-state index in [4.69, 9.17) is 14.2 Å². The Morgan fingerprint density at radius 3 is 1.71 bits per heavy atom. The molecule has 1 aliphatic rings. The van der Waals surface area contributed by atoms with Gasteiger partial charge in [-0.3, -0.25) is 19.3 Å². The minimum Gasteiger partial charge on any atom is -0.469 e. The molecule has 7 heteroatoms. The molecule has 1 heterocycles. The molecule has 7 nitrogen and oxygen atoms in total. The zero-order valence-corrected chi connectivity index (χ0v) is 20.7. The lowest BCUT2D eigenvalue weighted by molar-refractivity contribution is -0.163. The van der Waals surface area contributed by atoms with E-state index in [2.05, 4.69) is 53.4 Å². The van der Waals surface area contributed by atoms with Gasteiger partial charge in [0, 0.05) is 6.42 Å². The van der Waals surface area contributed by atoms with Crippen molar-refractivity contribution in [2.24, 2.45) is 17.8 Å². The van der Waals surface area contributed by atoms with Gasteiger partial charge in [0.2, 0.25) is 0 Å². The van der Waals surface area contributed by atoms with Crippen molar-refractivity contribution in [2.45, 2.75) is 31.7 Å². The molecular weight excluding hydrogens is 446 g/mol. The number of esters is 3. The van der Waals surface area contributed by atoms with Gasteiger partial charge in [0.1, 0.15) is 0 Å². The average Bonchev–Trinajstić information content (AvgIpc) is 2.90. The van der Waals surface area contributed by atoms with Crippen molar-refractivity contribution in [3.05, 3.63) is 71.8 Å². The molecule has 3 rings (SSSR count). The van der Waals surface area contributed by atoms with Crippen LogP contribution in [0.15, 0.2) is 60.7 Å². The summed E-state index contributed by atoms with van der Waals surface area (Å²) < 4.78 is 14.6. The summed E-state index contributed by atoms with van der Waals surface area (Å²) in [6, 6.07) is 21.1. The van der Waals surface area contributed by atoms with Crippen LogP contribution >= 0.6 is 0 Å². The van der Waals surface area contributed by atoms with Crippen molar-refractivity contribution in [3.8, 4) is 0 Å². The Balaban J connectivity index is 1.75. The Kier molecular flexibility index (Phi) is 9.85. The fraction of sp³-hybridized carbons (Fsp3) is 0.464. The largest absolute Gasteiger partial charge is 0.469 e. The number of carbonyl (C=O) groups excluding carboxylic acids is 3. The quantitative estimate of drug-likeness (QED) is 0.288. The van der Waals surface area contributed by atoms with Crippen molar-refractivity contribution >= 4 is 17.9 Å². The molecule has 0 aromatic heterocycles. The van der Waals surface area contributed by atoms with Crippen LogP contribution in [-0.2, 0) is 28.6 Å². The zero-order valence-electron chi connectivity index (χ0n) is 20.7. The lowest BCUT2D eigenvalue weighted by Crippen LogP contribution is -2.40. The topological polar surface area (TPSA) is 82.1 Å². The lowest BCUT2D eigenvalue weighted by atomic mass is 9.78.